The van der Waals surface area contributed by atoms with Crippen LogP contribution in [0.5, 0.6) is 5.88 Å². The van der Waals surface area contributed by atoms with Crippen molar-refractivity contribution in [3.8, 4) is 11.9 Å². The van der Waals surface area contributed by atoms with Gasteiger partial charge in [0.15, 0.2) is 5.69 Å². The molecule has 0 aliphatic carbocycles. The monoisotopic (exact) mass is 228 g/mol. The topological polar surface area (TPSA) is 83.2 Å². The second kappa shape index (κ2) is 4.53. The van der Waals surface area contributed by atoms with Crippen LogP contribution in [0.4, 0.5) is 8.78 Å². The second-order valence-electron chi connectivity index (χ2n) is 2.70. The molecule has 7 heteroatoms. The summed E-state index contributed by atoms with van der Waals surface area (Å²) in [6, 6.07) is 2.24. The average Bonchev–Trinajstić information content (AvgIpc) is 2.26. The standard InChI is InChI=1S/C9H6F2N2O3/c1-16-6-2-4(8(10)11)5(3-12)7(13-6)9(14)15/h2,8H,1H3,(H,14,15). The van der Waals surface area contributed by atoms with Crippen molar-refractivity contribution in [3.63, 3.8) is 0 Å². The molecule has 0 unspecified atom stereocenters. The number of halogens is 2. The predicted octanol–water partition coefficient (Wildman–Crippen LogP) is 1.60. The summed E-state index contributed by atoms with van der Waals surface area (Å²) in [5.41, 5.74) is -2.09. The van der Waals surface area contributed by atoms with E-state index >= 15 is 0 Å². The molecule has 1 aromatic rings. The summed E-state index contributed by atoms with van der Waals surface area (Å²) >= 11 is 0. The van der Waals surface area contributed by atoms with E-state index in [1.165, 1.54) is 6.07 Å². The minimum absolute atomic E-state index is 0.272. The number of nitriles is 1. The third-order valence-electron chi connectivity index (χ3n) is 1.79. The van der Waals surface area contributed by atoms with E-state index in [1.807, 2.05) is 0 Å². The Kier molecular flexibility index (Phi) is 3.35. The normalized spacial score (nSPS) is 9.94. The molecule has 0 saturated carbocycles. The number of carbonyl (C=O) groups is 1. The summed E-state index contributed by atoms with van der Waals surface area (Å²) in [7, 11) is 1.16. The molecule has 0 aliphatic rings. The van der Waals surface area contributed by atoms with Crippen LogP contribution in [0.25, 0.3) is 0 Å². The summed E-state index contributed by atoms with van der Waals surface area (Å²) in [5, 5.41) is 17.3. The van der Waals surface area contributed by atoms with Crippen molar-refractivity contribution in [1.82, 2.24) is 4.98 Å². The molecule has 0 bridgehead atoms. The van der Waals surface area contributed by atoms with Crippen LogP contribution in [0.3, 0.4) is 0 Å². The van der Waals surface area contributed by atoms with Crippen molar-refractivity contribution in [1.29, 1.82) is 5.26 Å². The molecule has 0 fully saturated rings. The molecule has 0 amide bonds. The number of hydrogen-bond donors (Lipinski definition) is 1. The molecule has 0 saturated heterocycles. The van der Waals surface area contributed by atoms with Crippen LogP contribution < -0.4 is 4.74 Å². The third kappa shape index (κ3) is 2.06. The Balaban J connectivity index is 3.54. The fourth-order valence-electron chi connectivity index (χ4n) is 1.09. The second-order valence-corrected chi connectivity index (χ2v) is 2.70. The molecule has 0 atom stereocenters. The first-order chi connectivity index (χ1) is 7.51. The molecule has 1 rings (SSSR count). The number of carboxylic acid groups (broad SMARTS) is 1. The molecule has 84 valence electrons. The zero-order chi connectivity index (χ0) is 12.3. The average molecular weight is 228 g/mol. The van der Waals surface area contributed by atoms with Crippen LogP contribution in [-0.2, 0) is 0 Å². The van der Waals surface area contributed by atoms with Gasteiger partial charge in [0.25, 0.3) is 6.43 Å². The number of carboxylic acids is 1. The fourth-order valence-corrected chi connectivity index (χ4v) is 1.09. The Labute approximate surface area is 88.9 Å². The molecule has 1 aromatic heterocycles. The fraction of sp³-hybridized carbons (Fsp3) is 0.222. The smallest absolute Gasteiger partial charge is 0.356 e. The van der Waals surface area contributed by atoms with Gasteiger partial charge >= 0.3 is 5.97 Å². The van der Waals surface area contributed by atoms with Crippen LogP contribution in [-0.4, -0.2) is 23.2 Å². The van der Waals surface area contributed by atoms with Gasteiger partial charge in [-0.1, -0.05) is 0 Å². The molecule has 1 heterocycles. The van der Waals surface area contributed by atoms with Gasteiger partial charge in [-0.3, -0.25) is 0 Å². The number of ether oxygens (including phenoxy) is 1. The predicted molar refractivity (Wildman–Crippen MR) is 47.4 cm³/mol. The minimum Gasteiger partial charge on any atom is -0.481 e. The lowest BCUT2D eigenvalue weighted by atomic mass is 10.1. The molecule has 0 aliphatic heterocycles. The minimum atomic E-state index is -2.97. The van der Waals surface area contributed by atoms with Crippen LogP contribution in [0.2, 0.25) is 0 Å². The zero-order valence-corrected chi connectivity index (χ0v) is 8.07. The van der Waals surface area contributed by atoms with Gasteiger partial charge in [0.2, 0.25) is 5.88 Å². The van der Waals surface area contributed by atoms with E-state index in [4.69, 9.17) is 10.4 Å². The van der Waals surface area contributed by atoms with Gasteiger partial charge in [-0.05, 0) is 0 Å². The lowest BCUT2D eigenvalue weighted by Gasteiger charge is -2.07. The third-order valence-corrected chi connectivity index (χ3v) is 1.79. The Hall–Kier alpha value is -2.23. The molecule has 16 heavy (non-hydrogen) atoms. The zero-order valence-electron chi connectivity index (χ0n) is 8.07. The van der Waals surface area contributed by atoms with Crippen molar-refractivity contribution >= 4 is 5.97 Å². The lowest BCUT2D eigenvalue weighted by molar-refractivity contribution is 0.0688. The number of pyridine rings is 1. The summed E-state index contributed by atoms with van der Waals surface area (Å²) in [4.78, 5) is 14.1. The van der Waals surface area contributed by atoms with Crippen molar-refractivity contribution in [2.24, 2.45) is 0 Å². The van der Waals surface area contributed by atoms with Gasteiger partial charge in [0.05, 0.1) is 12.7 Å². The number of hydrogen-bond acceptors (Lipinski definition) is 4. The van der Waals surface area contributed by atoms with Crippen molar-refractivity contribution in [3.05, 3.63) is 22.9 Å². The van der Waals surface area contributed by atoms with E-state index in [2.05, 4.69) is 9.72 Å². The molecule has 0 aromatic carbocycles. The van der Waals surface area contributed by atoms with E-state index in [0.717, 1.165) is 13.2 Å². The van der Waals surface area contributed by atoms with E-state index < -0.39 is 29.2 Å². The maximum absolute atomic E-state index is 12.5. The van der Waals surface area contributed by atoms with Gasteiger partial charge < -0.3 is 9.84 Å². The van der Waals surface area contributed by atoms with Gasteiger partial charge in [-0.15, -0.1) is 0 Å². The largest absolute Gasteiger partial charge is 0.481 e. The van der Waals surface area contributed by atoms with Gasteiger partial charge in [-0.25, -0.2) is 18.6 Å². The van der Waals surface area contributed by atoms with Gasteiger partial charge in [0, 0.05) is 11.6 Å². The maximum Gasteiger partial charge on any atom is 0.356 e. The molecular weight excluding hydrogens is 222 g/mol. The van der Waals surface area contributed by atoms with Crippen molar-refractivity contribution in [2.75, 3.05) is 7.11 Å². The summed E-state index contributed by atoms with van der Waals surface area (Å²) in [6.45, 7) is 0. The Bertz CT molecular complexity index is 469. The summed E-state index contributed by atoms with van der Waals surface area (Å²) in [5.74, 6) is -1.83. The highest BCUT2D eigenvalue weighted by atomic mass is 19.3. The summed E-state index contributed by atoms with van der Waals surface area (Å²) in [6.07, 6.45) is -2.97. The van der Waals surface area contributed by atoms with E-state index in [1.54, 1.807) is 0 Å². The van der Waals surface area contributed by atoms with Crippen LogP contribution in [0.1, 0.15) is 28.0 Å². The molecule has 0 radical (unpaired) electrons. The number of methoxy groups -OCH3 is 1. The highest BCUT2D eigenvalue weighted by Gasteiger charge is 2.23. The molecule has 0 spiro atoms. The molecule has 5 nitrogen and oxygen atoms in total. The molecular formula is C9H6F2N2O3. The number of alkyl halides is 2. The first kappa shape index (κ1) is 11.8. The first-order valence-corrected chi connectivity index (χ1v) is 4.01. The van der Waals surface area contributed by atoms with Crippen LogP contribution in [0.15, 0.2) is 6.07 Å². The highest BCUT2D eigenvalue weighted by Crippen LogP contribution is 2.27. The van der Waals surface area contributed by atoms with E-state index in [9.17, 15) is 13.6 Å². The number of nitrogens with zero attached hydrogens (tertiary/aromatic N) is 2. The van der Waals surface area contributed by atoms with E-state index in [0.29, 0.717) is 0 Å². The maximum atomic E-state index is 12.5. The van der Waals surface area contributed by atoms with Gasteiger partial charge in [0.1, 0.15) is 6.07 Å². The van der Waals surface area contributed by atoms with Crippen LogP contribution >= 0.6 is 0 Å². The number of aromatic nitrogens is 1. The first-order valence-electron chi connectivity index (χ1n) is 4.01. The molecule has 1 N–H and O–H groups in total. The summed E-state index contributed by atoms with van der Waals surface area (Å²) < 4.78 is 29.7. The SMILES string of the molecule is COc1cc(C(F)F)c(C#N)c(C(=O)O)n1. The Morgan fingerprint density at radius 1 is 1.69 bits per heavy atom. The number of aromatic carboxylic acids is 1. The Morgan fingerprint density at radius 2 is 2.31 bits per heavy atom. The van der Waals surface area contributed by atoms with Crippen molar-refractivity contribution < 1.29 is 23.4 Å². The van der Waals surface area contributed by atoms with Gasteiger partial charge in [-0.2, -0.15) is 5.26 Å². The lowest BCUT2D eigenvalue weighted by Crippen LogP contribution is -2.08. The van der Waals surface area contributed by atoms with Crippen molar-refractivity contribution in [2.45, 2.75) is 6.43 Å². The Morgan fingerprint density at radius 3 is 2.69 bits per heavy atom. The number of rotatable bonds is 3. The highest BCUT2D eigenvalue weighted by molar-refractivity contribution is 5.89. The quantitative estimate of drug-likeness (QED) is 0.849. The van der Waals surface area contributed by atoms with E-state index in [-0.39, 0.29) is 5.88 Å². The van der Waals surface area contributed by atoms with Crippen LogP contribution in [0, 0.1) is 11.3 Å².